The topological polar surface area (TPSA) is 54.7 Å². The van der Waals surface area contributed by atoms with E-state index in [0.29, 0.717) is 5.13 Å². The number of H-pyrrole nitrogens is 1. The molecule has 2 heterocycles. The van der Waals surface area contributed by atoms with E-state index in [9.17, 15) is 0 Å². The third-order valence-corrected chi connectivity index (χ3v) is 2.33. The number of thiazole rings is 1. The first-order valence-corrected chi connectivity index (χ1v) is 4.55. The SMILES string of the molecule is Nc1nc(Cc2ccc[nH]2)cs1. The molecule has 0 aromatic carbocycles. The van der Waals surface area contributed by atoms with Crippen LogP contribution in [0.2, 0.25) is 0 Å². The molecule has 4 heteroatoms. The molecule has 0 bridgehead atoms. The predicted octanol–water partition coefficient (Wildman–Crippen LogP) is 1.64. The Morgan fingerprint density at radius 3 is 3.08 bits per heavy atom. The second kappa shape index (κ2) is 2.98. The fourth-order valence-corrected chi connectivity index (χ4v) is 1.64. The lowest BCUT2D eigenvalue weighted by Crippen LogP contribution is -1.89. The molecular formula is C8H9N3S. The molecule has 3 N–H and O–H groups in total. The number of hydrogen-bond donors (Lipinski definition) is 2. The van der Waals surface area contributed by atoms with E-state index in [2.05, 4.69) is 9.97 Å². The molecule has 0 fully saturated rings. The average Bonchev–Trinajstić information content (AvgIpc) is 2.63. The zero-order valence-electron chi connectivity index (χ0n) is 6.45. The van der Waals surface area contributed by atoms with Gasteiger partial charge in [0.1, 0.15) is 0 Å². The Hall–Kier alpha value is -1.29. The second-order valence-corrected chi connectivity index (χ2v) is 3.44. The van der Waals surface area contributed by atoms with E-state index < -0.39 is 0 Å². The Balaban J connectivity index is 2.14. The molecule has 0 unspecified atom stereocenters. The van der Waals surface area contributed by atoms with Crippen molar-refractivity contribution in [1.29, 1.82) is 0 Å². The fourth-order valence-electron chi connectivity index (χ4n) is 1.08. The van der Waals surface area contributed by atoms with E-state index in [-0.39, 0.29) is 0 Å². The van der Waals surface area contributed by atoms with Gasteiger partial charge in [-0.05, 0) is 12.1 Å². The van der Waals surface area contributed by atoms with Crippen molar-refractivity contribution in [1.82, 2.24) is 9.97 Å². The molecule has 12 heavy (non-hydrogen) atoms. The molecule has 0 spiro atoms. The van der Waals surface area contributed by atoms with Crippen LogP contribution >= 0.6 is 11.3 Å². The molecule has 0 saturated heterocycles. The molecule has 0 saturated carbocycles. The minimum absolute atomic E-state index is 0.636. The van der Waals surface area contributed by atoms with Crippen LogP contribution in [0, 0.1) is 0 Å². The van der Waals surface area contributed by atoms with E-state index >= 15 is 0 Å². The maximum absolute atomic E-state index is 5.50. The van der Waals surface area contributed by atoms with Gasteiger partial charge in [-0.2, -0.15) is 0 Å². The Morgan fingerprint density at radius 2 is 2.50 bits per heavy atom. The highest BCUT2D eigenvalue weighted by atomic mass is 32.1. The Labute approximate surface area is 74.3 Å². The largest absolute Gasteiger partial charge is 0.375 e. The van der Waals surface area contributed by atoms with Crippen LogP contribution in [0.15, 0.2) is 23.7 Å². The summed E-state index contributed by atoms with van der Waals surface area (Å²) in [4.78, 5) is 7.28. The van der Waals surface area contributed by atoms with E-state index in [0.717, 1.165) is 12.1 Å². The summed E-state index contributed by atoms with van der Waals surface area (Å²) >= 11 is 1.48. The molecule has 2 aromatic rings. The van der Waals surface area contributed by atoms with Crippen molar-refractivity contribution in [2.24, 2.45) is 0 Å². The molecule has 3 nitrogen and oxygen atoms in total. The molecule has 62 valence electrons. The van der Waals surface area contributed by atoms with Gasteiger partial charge in [-0.1, -0.05) is 0 Å². The molecule has 0 atom stereocenters. The molecule has 0 aliphatic carbocycles. The van der Waals surface area contributed by atoms with Crippen molar-refractivity contribution in [3.8, 4) is 0 Å². The highest BCUT2D eigenvalue weighted by molar-refractivity contribution is 7.13. The number of anilines is 1. The van der Waals surface area contributed by atoms with E-state index in [1.54, 1.807) is 0 Å². The first-order valence-electron chi connectivity index (χ1n) is 3.67. The summed E-state index contributed by atoms with van der Waals surface area (Å²) in [6.07, 6.45) is 2.74. The number of aromatic nitrogens is 2. The zero-order valence-corrected chi connectivity index (χ0v) is 7.27. The Kier molecular flexibility index (Phi) is 1.83. The molecule has 0 aliphatic heterocycles. The van der Waals surface area contributed by atoms with Crippen LogP contribution in [0.1, 0.15) is 11.4 Å². The highest BCUT2D eigenvalue weighted by Gasteiger charge is 1.99. The monoisotopic (exact) mass is 179 g/mol. The summed E-state index contributed by atoms with van der Waals surface area (Å²) in [6.45, 7) is 0. The summed E-state index contributed by atoms with van der Waals surface area (Å²) in [7, 11) is 0. The van der Waals surface area contributed by atoms with Gasteiger partial charge >= 0.3 is 0 Å². The normalized spacial score (nSPS) is 10.3. The third-order valence-electron chi connectivity index (χ3n) is 1.60. The number of nitrogen functional groups attached to an aromatic ring is 1. The number of rotatable bonds is 2. The van der Waals surface area contributed by atoms with Gasteiger partial charge in [0.05, 0.1) is 5.69 Å². The molecule has 2 aromatic heterocycles. The summed E-state index contributed by atoms with van der Waals surface area (Å²) in [5.41, 5.74) is 7.70. The summed E-state index contributed by atoms with van der Waals surface area (Å²) in [5, 5.41) is 2.62. The first-order chi connectivity index (χ1) is 5.84. The standard InChI is InChI=1S/C8H9N3S/c9-8-11-7(5-12-8)4-6-2-1-3-10-6/h1-3,5,10H,4H2,(H2,9,11). The lowest BCUT2D eigenvalue weighted by atomic mass is 10.3. The smallest absolute Gasteiger partial charge is 0.180 e. The fraction of sp³-hybridized carbons (Fsp3) is 0.125. The summed E-state index contributed by atoms with van der Waals surface area (Å²) in [5.74, 6) is 0. The minimum Gasteiger partial charge on any atom is -0.375 e. The van der Waals surface area contributed by atoms with Gasteiger partial charge in [0, 0.05) is 23.7 Å². The van der Waals surface area contributed by atoms with Crippen molar-refractivity contribution in [2.45, 2.75) is 6.42 Å². The van der Waals surface area contributed by atoms with E-state index in [1.165, 1.54) is 17.0 Å². The van der Waals surface area contributed by atoms with Crippen LogP contribution in [-0.4, -0.2) is 9.97 Å². The average molecular weight is 179 g/mol. The Bertz CT molecular complexity index is 350. The van der Waals surface area contributed by atoms with Crippen molar-refractivity contribution in [3.05, 3.63) is 35.1 Å². The highest BCUT2D eigenvalue weighted by Crippen LogP contribution is 2.13. The summed E-state index contributed by atoms with van der Waals surface area (Å²) in [6, 6.07) is 4.01. The van der Waals surface area contributed by atoms with Crippen molar-refractivity contribution < 1.29 is 0 Å². The van der Waals surface area contributed by atoms with Crippen LogP contribution in [0.5, 0.6) is 0 Å². The number of nitrogens with one attached hydrogen (secondary N) is 1. The number of aromatic amines is 1. The molecule has 2 rings (SSSR count). The van der Waals surface area contributed by atoms with Crippen LogP contribution in [0.3, 0.4) is 0 Å². The quantitative estimate of drug-likeness (QED) is 0.736. The van der Waals surface area contributed by atoms with Gasteiger partial charge in [-0.3, -0.25) is 0 Å². The van der Waals surface area contributed by atoms with Gasteiger partial charge in [-0.25, -0.2) is 4.98 Å². The van der Waals surface area contributed by atoms with Gasteiger partial charge in [0.25, 0.3) is 0 Å². The lowest BCUT2D eigenvalue weighted by molar-refractivity contribution is 1.06. The Morgan fingerprint density at radius 1 is 1.58 bits per heavy atom. The number of hydrogen-bond acceptors (Lipinski definition) is 3. The van der Waals surface area contributed by atoms with E-state index in [1.807, 2.05) is 23.7 Å². The van der Waals surface area contributed by atoms with Crippen LogP contribution < -0.4 is 5.73 Å². The van der Waals surface area contributed by atoms with Gasteiger partial charge in [0.2, 0.25) is 0 Å². The molecular weight excluding hydrogens is 170 g/mol. The van der Waals surface area contributed by atoms with Gasteiger partial charge in [-0.15, -0.1) is 11.3 Å². The maximum atomic E-state index is 5.50. The second-order valence-electron chi connectivity index (χ2n) is 2.55. The maximum Gasteiger partial charge on any atom is 0.180 e. The third kappa shape index (κ3) is 1.48. The lowest BCUT2D eigenvalue weighted by Gasteiger charge is -1.91. The van der Waals surface area contributed by atoms with Crippen LogP contribution in [0.4, 0.5) is 5.13 Å². The molecule has 0 amide bonds. The van der Waals surface area contributed by atoms with Gasteiger partial charge < -0.3 is 10.7 Å². The van der Waals surface area contributed by atoms with Gasteiger partial charge in [0.15, 0.2) is 5.13 Å². The zero-order chi connectivity index (χ0) is 8.39. The minimum atomic E-state index is 0.636. The predicted molar refractivity (Wildman–Crippen MR) is 50.1 cm³/mol. The number of nitrogens with two attached hydrogens (primary N) is 1. The van der Waals surface area contributed by atoms with Crippen molar-refractivity contribution in [2.75, 3.05) is 5.73 Å². The van der Waals surface area contributed by atoms with E-state index in [4.69, 9.17) is 5.73 Å². The first kappa shape index (κ1) is 7.36. The van der Waals surface area contributed by atoms with Crippen LogP contribution in [-0.2, 0) is 6.42 Å². The summed E-state index contributed by atoms with van der Waals surface area (Å²) < 4.78 is 0. The van der Waals surface area contributed by atoms with Crippen LogP contribution in [0.25, 0.3) is 0 Å². The van der Waals surface area contributed by atoms with Crippen molar-refractivity contribution >= 4 is 16.5 Å². The molecule has 0 aliphatic rings. The number of nitrogens with zero attached hydrogens (tertiary/aromatic N) is 1. The molecule has 0 radical (unpaired) electrons. The van der Waals surface area contributed by atoms with Crippen molar-refractivity contribution in [3.63, 3.8) is 0 Å².